The van der Waals surface area contributed by atoms with Crippen molar-refractivity contribution in [2.24, 2.45) is 0 Å². The van der Waals surface area contributed by atoms with Gasteiger partial charge < -0.3 is 19.4 Å². The Morgan fingerprint density at radius 1 is 1.07 bits per heavy atom. The molecule has 0 radical (unpaired) electrons. The average molecular weight is 376 g/mol. The van der Waals surface area contributed by atoms with Crippen LogP contribution in [0.3, 0.4) is 0 Å². The standard InChI is InChI=1S/C23H24N2O3/c1-3-4-12-24-23(26)19-14-20(17-8-6-5-7-9-17)25(16(19)2)18-10-11-21-22(13-18)28-15-27-21/h5-11,13-14H,3-4,12,15H2,1-2H3,(H,24,26). The summed E-state index contributed by atoms with van der Waals surface area (Å²) in [4.78, 5) is 12.8. The second-order valence-corrected chi connectivity index (χ2v) is 6.88. The molecule has 0 aliphatic carbocycles. The maximum absolute atomic E-state index is 12.8. The SMILES string of the molecule is CCCCNC(=O)c1cc(-c2ccccc2)n(-c2ccc3c(c2)OCO3)c1C. The van der Waals surface area contributed by atoms with Crippen LogP contribution in [0.15, 0.2) is 54.6 Å². The predicted molar refractivity (Wildman–Crippen MR) is 109 cm³/mol. The van der Waals surface area contributed by atoms with Crippen molar-refractivity contribution in [1.29, 1.82) is 0 Å². The van der Waals surface area contributed by atoms with E-state index in [2.05, 4.69) is 28.9 Å². The van der Waals surface area contributed by atoms with Gasteiger partial charge in [-0.05, 0) is 37.1 Å². The Balaban J connectivity index is 1.80. The molecule has 1 amide bonds. The molecular formula is C23H24N2O3. The van der Waals surface area contributed by atoms with Crippen LogP contribution in [0.25, 0.3) is 16.9 Å². The van der Waals surface area contributed by atoms with Gasteiger partial charge in [-0.1, -0.05) is 43.7 Å². The zero-order chi connectivity index (χ0) is 19.5. The molecule has 0 bridgehead atoms. The topological polar surface area (TPSA) is 52.5 Å². The summed E-state index contributed by atoms with van der Waals surface area (Å²) in [7, 11) is 0. The van der Waals surface area contributed by atoms with E-state index in [1.165, 1.54) is 0 Å². The van der Waals surface area contributed by atoms with Gasteiger partial charge in [0.1, 0.15) is 0 Å². The summed E-state index contributed by atoms with van der Waals surface area (Å²) in [5.74, 6) is 1.42. The Kier molecular flexibility index (Phi) is 5.06. The van der Waals surface area contributed by atoms with Crippen LogP contribution in [-0.4, -0.2) is 23.8 Å². The molecule has 3 aromatic rings. The third kappa shape index (κ3) is 3.36. The van der Waals surface area contributed by atoms with Gasteiger partial charge in [-0.2, -0.15) is 0 Å². The van der Waals surface area contributed by atoms with Crippen molar-refractivity contribution in [3.05, 3.63) is 65.9 Å². The smallest absolute Gasteiger partial charge is 0.253 e. The van der Waals surface area contributed by atoms with Crippen molar-refractivity contribution in [3.8, 4) is 28.4 Å². The quantitative estimate of drug-likeness (QED) is 0.634. The average Bonchev–Trinajstić information content (AvgIpc) is 3.32. The molecule has 1 aliphatic heterocycles. The lowest BCUT2D eigenvalue weighted by molar-refractivity contribution is 0.0952. The number of hydrogen-bond acceptors (Lipinski definition) is 3. The van der Waals surface area contributed by atoms with Gasteiger partial charge in [-0.25, -0.2) is 0 Å². The molecule has 2 aromatic carbocycles. The van der Waals surface area contributed by atoms with Crippen LogP contribution < -0.4 is 14.8 Å². The van der Waals surface area contributed by atoms with Crippen LogP contribution in [0.1, 0.15) is 35.8 Å². The molecule has 0 fully saturated rings. The number of nitrogens with zero attached hydrogens (tertiary/aromatic N) is 1. The molecule has 0 unspecified atom stereocenters. The molecule has 5 heteroatoms. The lowest BCUT2D eigenvalue weighted by Gasteiger charge is -2.13. The molecular weight excluding hydrogens is 352 g/mol. The molecule has 0 saturated heterocycles. The highest BCUT2D eigenvalue weighted by Crippen LogP contribution is 2.36. The van der Waals surface area contributed by atoms with E-state index in [-0.39, 0.29) is 12.7 Å². The number of benzene rings is 2. The van der Waals surface area contributed by atoms with Crippen molar-refractivity contribution < 1.29 is 14.3 Å². The number of unbranched alkanes of at least 4 members (excludes halogenated alkanes) is 1. The fourth-order valence-corrected chi connectivity index (χ4v) is 3.49. The van der Waals surface area contributed by atoms with Gasteiger partial charge in [0, 0.05) is 24.0 Å². The minimum absolute atomic E-state index is 0.0392. The number of ether oxygens (including phenoxy) is 2. The minimum atomic E-state index is -0.0392. The Hall–Kier alpha value is -3.21. The van der Waals surface area contributed by atoms with Crippen molar-refractivity contribution in [1.82, 2.24) is 9.88 Å². The number of nitrogens with one attached hydrogen (secondary N) is 1. The maximum atomic E-state index is 12.8. The van der Waals surface area contributed by atoms with Crippen LogP contribution in [0.4, 0.5) is 0 Å². The van der Waals surface area contributed by atoms with Crippen LogP contribution in [0.2, 0.25) is 0 Å². The zero-order valence-electron chi connectivity index (χ0n) is 16.2. The summed E-state index contributed by atoms with van der Waals surface area (Å²) in [6, 6.07) is 17.9. The Morgan fingerprint density at radius 2 is 1.86 bits per heavy atom. The number of carbonyl (C=O) groups excluding carboxylic acids is 1. The summed E-state index contributed by atoms with van der Waals surface area (Å²) in [6.07, 6.45) is 2.02. The lowest BCUT2D eigenvalue weighted by atomic mass is 10.1. The number of rotatable bonds is 6. The summed E-state index contributed by atoms with van der Waals surface area (Å²) in [5.41, 5.74) is 4.54. The van der Waals surface area contributed by atoms with Crippen LogP contribution in [0, 0.1) is 6.92 Å². The molecule has 0 spiro atoms. The lowest BCUT2D eigenvalue weighted by Crippen LogP contribution is -2.24. The molecule has 144 valence electrons. The molecule has 1 aliphatic rings. The van der Waals surface area contributed by atoms with Crippen molar-refractivity contribution in [2.75, 3.05) is 13.3 Å². The molecule has 28 heavy (non-hydrogen) atoms. The minimum Gasteiger partial charge on any atom is -0.454 e. The Morgan fingerprint density at radius 3 is 2.64 bits per heavy atom. The van der Waals surface area contributed by atoms with E-state index in [1.54, 1.807) is 0 Å². The van der Waals surface area contributed by atoms with Gasteiger partial charge in [-0.15, -0.1) is 0 Å². The maximum Gasteiger partial charge on any atom is 0.253 e. The molecule has 5 nitrogen and oxygen atoms in total. The largest absolute Gasteiger partial charge is 0.454 e. The Bertz CT molecular complexity index is 993. The number of fused-ring (bicyclic) bond motifs is 1. The summed E-state index contributed by atoms with van der Waals surface area (Å²) < 4.78 is 13.1. The number of carbonyl (C=O) groups is 1. The summed E-state index contributed by atoms with van der Waals surface area (Å²) >= 11 is 0. The Labute approximate surface area is 164 Å². The second kappa shape index (κ2) is 7.80. The highest BCUT2D eigenvalue weighted by Gasteiger charge is 2.21. The van der Waals surface area contributed by atoms with Crippen molar-refractivity contribution >= 4 is 5.91 Å². The van der Waals surface area contributed by atoms with E-state index in [9.17, 15) is 4.79 Å². The fraction of sp³-hybridized carbons (Fsp3) is 0.261. The summed E-state index contributed by atoms with van der Waals surface area (Å²) in [5, 5.41) is 3.03. The number of amides is 1. The second-order valence-electron chi connectivity index (χ2n) is 6.88. The van der Waals surface area contributed by atoms with E-state index in [0.29, 0.717) is 12.1 Å². The molecule has 1 aromatic heterocycles. The van der Waals surface area contributed by atoms with Crippen molar-refractivity contribution in [3.63, 3.8) is 0 Å². The number of hydrogen-bond donors (Lipinski definition) is 1. The van der Waals surface area contributed by atoms with Gasteiger partial charge in [0.2, 0.25) is 6.79 Å². The molecule has 0 saturated carbocycles. The van der Waals surface area contributed by atoms with Gasteiger partial charge in [0.25, 0.3) is 5.91 Å². The van der Waals surface area contributed by atoms with Gasteiger partial charge in [0.05, 0.1) is 11.3 Å². The van der Waals surface area contributed by atoms with Crippen molar-refractivity contribution in [2.45, 2.75) is 26.7 Å². The third-order valence-electron chi connectivity index (χ3n) is 4.99. The van der Waals surface area contributed by atoms with Gasteiger partial charge >= 0.3 is 0 Å². The predicted octanol–water partition coefficient (Wildman–Crippen LogP) is 4.71. The first-order chi connectivity index (χ1) is 13.7. The van der Waals surface area contributed by atoms with Crippen LogP contribution in [0.5, 0.6) is 11.5 Å². The normalized spacial score (nSPS) is 12.2. The zero-order valence-corrected chi connectivity index (χ0v) is 16.2. The molecule has 0 atom stereocenters. The first kappa shape index (κ1) is 18.2. The van der Waals surface area contributed by atoms with E-state index in [4.69, 9.17) is 9.47 Å². The summed E-state index contributed by atoms with van der Waals surface area (Å²) in [6.45, 7) is 5.01. The monoisotopic (exact) mass is 376 g/mol. The first-order valence-electron chi connectivity index (χ1n) is 9.65. The van der Waals surface area contributed by atoms with Gasteiger partial charge in [0.15, 0.2) is 11.5 Å². The van der Waals surface area contributed by atoms with E-state index in [0.717, 1.165) is 47.0 Å². The fourth-order valence-electron chi connectivity index (χ4n) is 3.49. The molecule has 2 heterocycles. The third-order valence-corrected chi connectivity index (χ3v) is 4.99. The van der Waals surface area contributed by atoms with Gasteiger partial charge in [-0.3, -0.25) is 4.79 Å². The number of aromatic nitrogens is 1. The van der Waals surface area contributed by atoms with E-state index < -0.39 is 0 Å². The molecule has 1 N–H and O–H groups in total. The van der Waals surface area contributed by atoms with Crippen LogP contribution >= 0.6 is 0 Å². The van der Waals surface area contributed by atoms with E-state index >= 15 is 0 Å². The highest BCUT2D eigenvalue weighted by molar-refractivity contribution is 5.97. The first-order valence-corrected chi connectivity index (χ1v) is 9.65. The highest BCUT2D eigenvalue weighted by atomic mass is 16.7. The van der Waals surface area contributed by atoms with Crippen LogP contribution in [-0.2, 0) is 0 Å². The molecule has 4 rings (SSSR count). The van der Waals surface area contributed by atoms with E-state index in [1.807, 2.05) is 49.4 Å².